The Morgan fingerprint density at radius 1 is 0.930 bits per heavy atom. The van der Waals surface area contributed by atoms with Gasteiger partial charge in [0.1, 0.15) is 22.8 Å². The molecule has 11 heteroatoms. The molecule has 4 heterocycles. The lowest BCUT2D eigenvalue weighted by Crippen LogP contribution is -2.30. The number of pyridine rings is 2. The lowest BCUT2D eigenvalue weighted by atomic mass is 9.75. The van der Waals surface area contributed by atoms with E-state index in [0.29, 0.717) is 34.2 Å². The summed E-state index contributed by atoms with van der Waals surface area (Å²) < 4.78 is 52.7. The third-order valence-corrected chi connectivity index (χ3v) is 6.61. The molecule has 4 aromatic rings. The number of aromatic nitrogens is 2. The maximum atomic E-state index is 14.6. The van der Waals surface area contributed by atoms with Crippen molar-refractivity contribution in [3.8, 4) is 34.5 Å². The van der Waals surface area contributed by atoms with Crippen LogP contribution in [0.5, 0.6) is 11.5 Å². The second-order valence-corrected chi connectivity index (χ2v) is 10.8. The fourth-order valence-electron chi connectivity index (χ4n) is 4.79. The number of hydrogen-bond donors (Lipinski definition) is 2. The number of fused-ring (bicyclic) bond motifs is 6. The van der Waals surface area contributed by atoms with Crippen LogP contribution < -0.4 is 10.5 Å². The molecule has 3 N–H and O–H groups in total. The number of hydrogen-bond acceptors (Lipinski definition) is 6. The number of ether oxygens (including phenoxy) is 1. The molecule has 0 saturated carbocycles. The summed E-state index contributed by atoms with van der Waals surface area (Å²) in [5.74, 6) is 4.76. The summed E-state index contributed by atoms with van der Waals surface area (Å²) in [5.41, 5.74) is 10.4. The molecule has 0 fully saturated rings. The van der Waals surface area contributed by atoms with E-state index in [2.05, 4.69) is 42.6 Å². The Hall–Kier alpha value is -5.24. The number of nitrogens with zero attached hydrogens (tertiary/aromatic N) is 3. The molecule has 7 nitrogen and oxygen atoms in total. The zero-order valence-electron chi connectivity index (χ0n) is 23.1. The van der Waals surface area contributed by atoms with Crippen LogP contribution >= 0.6 is 0 Å². The number of aliphatic carboxylic acids is 1. The summed E-state index contributed by atoms with van der Waals surface area (Å²) in [7, 11) is 0. The van der Waals surface area contributed by atoms with Gasteiger partial charge in [0.25, 0.3) is 0 Å². The quantitative estimate of drug-likeness (QED) is 0.151. The first-order valence-corrected chi connectivity index (χ1v) is 12.9. The highest BCUT2D eigenvalue weighted by molar-refractivity contribution is 6.03. The van der Waals surface area contributed by atoms with Gasteiger partial charge < -0.3 is 15.6 Å². The van der Waals surface area contributed by atoms with Gasteiger partial charge in [-0.25, -0.2) is 19.8 Å². The van der Waals surface area contributed by atoms with Crippen molar-refractivity contribution >= 4 is 11.8 Å². The Morgan fingerprint density at radius 2 is 1.60 bits per heavy atom. The average molecular weight is 589 g/mol. The number of rotatable bonds is 1. The zero-order chi connectivity index (χ0) is 31.2. The average Bonchev–Trinajstić information content (AvgIpc) is 3.25. The Kier molecular flexibility index (Phi) is 7.18. The van der Waals surface area contributed by atoms with Crippen molar-refractivity contribution in [2.24, 2.45) is 16.1 Å². The molecular weight excluding hydrogens is 564 g/mol. The highest BCUT2D eigenvalue weighted by Crippen LogP contribution is 2.56. The van der Waals surface area contributed by atoms with Crippen LogP contribution in [0.25, 0.3) is 11.1 Å². The number of halogens is 4. The van der Waals surface area contributed by atoms with Crippen LogP contribution in [0.15, 0.2) is 78.0 Å². The Balaban J connectivity index is 0.000000472. The van der Waals surface area contributed by atoms with E-state index in [0.717, 1.165) is 22.3 Å². The van der Waals surface area contributed by atoms with Crippen molar-refractivity contribution in [1.29, 1.82) is 0 Å². The fraction of sp³-hybridized carbons (Fsp3) is 0.188. The highest BCUT2D eigenvalue weighted by Gasteiger charge is 2.49. The smallest absolute Gasteiger partial charge is 0.475 e. The van der Waals surface area contributed by atoms with Crippen molar-refractivity contribution in [1.82, 2.24) is 9.97 Å². The van der Waals surface area contributed by atoms with Crippen LogP contribution in [0.1, 0.15) is 48.7 Å². The first kappa shape index (κ1) is 29.3. The van der Waals surface area contributed by atoms with E-state index in [-0.39, 0.29) is 5.41 Å². The van der Waals surface area contributed by atoms with Gasteiger partial charge in [0.15, 0.2) is 5.75 Å². The van der Waals surface area contributed by atoms with E-state index >= 15 is 0 Å². The van der Waals surface area contributed by atoms with E-state index in [9.17, 15) is 17.6 Å². The van der Waals surface area contributed by atoms with E-state index in [1.54, 1.807) is 18.3 Å². The van der Waals surface area contributed by atoms with Crippen molar-refractivity contribution in [2.75, 3.05) is 0 Å². The SMILES string of the molecule is CC(C)(C)C#Cc1cc2c(cn1)Oc1ccc(-c3cccnc3F)cc1C21N=C(N)c2ccccc21.O=C(O)C(F)(F)F. The third kappa shape index (κ3) is 5.51. The van der Waals surface area contributed by atoms with Gasteiger partial charge in [0.05, 0.1) is 6.20 Å². The summed E-state index contributed by atoms with van der Waals surface area (Å²) in [5, 5.41) is 7.12. The predicted molar refractivity (Wildman–Crippen MR) is 151 cm³/mol. The molecule has 0 aliphatic carbocycles. The third-order valence-electron chi connectivity index (χ3n) is 6.61. The molecule has 1 atom stereocenters. The molecular formula is C32H24F4N4O3. The minimum Gasteiger partial charge on any atom is -0.475 e. The first-order valence-electron chi connectivity index (χ1n) is 12.9. The van der Waals surface area contributed by atoms with Crippen molar-refractivity contribution < 1.29 is 32.2 Å². The van der Waals surface area contributed by atoms with Gasteiger partial charge in [-0.05, 0) is 68.2 Å². The highest BCUT2D eigenvalue weighted by atomic mass is 19.4. The maximum Gasteiger partial charge on any atom is 0.490 e. The molecule has 43 heavy (non-hydrogen) atoms. The second-order valence-electron chi connectivity index (χ2n) is 10.8. The van der Waals surface area contributed by atoms with Gasteiger partial charge in [-0.15, -0.1) is 0 Å². The van der Waals surface area contributed by atoms with Gasteiger partial charge in [0, 0.05) is 33.9 Å². The number of nitrogens with two attached hydrogens (primary N) is 1. The topological polar surface area (TPSA) is 111 Å². The first-order chi connectivity index (χ1) is 20.2. The second kappa shape index (κ2) is 10.5. The van der Waals surface area contributed by atoms with E-state index in [1.165, 1.54) is 6.20 Å². The molecule has 1 unspecified atom stereocenters. The minimum absolute atomic E-state index is 0.177. The Morgan fingerprint density at radius 3 is 2.28 bits per heavy atom. The molecule has 0 saturated heterocycles. The fourth-order valence-corrected chi connectivity index (χ4v) is 4.79. The molecule has 0 radical (unpaired) electrons. The number of carbonyl (C=O) groups is 1. The lowest BCUT2D eigenvalue weighted by molar-refractivity contribution is -0.192. The van der Waals surface area contributed by atoms with Crippen molar-refractivity contribution in [3.05, 3.63) is 107 Å². The standard InChI is InChI=1S/C30H23FN4O.C2HF3O2/c1-29(2,3)13-12-19-16-24-26(17-34-19)36-25-11-10-18(20-8-6-14-33-27(20)31)15-23(25)30(24)22-9-5-4-7-21(22)28(32)35-30;3-2(4,5)1(6)7/h4-11,14-17H,1-3H3,(H2,32,35);(H,6,7). The van der Waals surface area contributed by atoms with Gasteiger partial charge >= 0.3 is 12.1 Å². The molecule has 218 valence electrons. The summed E-state index contributed by atoms with van der Waals surface area (Å²) in [6.07, 6.45) is -1.96. The molecule has 2 aromatic carbocycles. The number of alkyl halides is 3. The van der Waals surface area contributed by atoms with Gasteiger partial charge in [-0.3, -0.25) is 0 Å². The molecule has 0 bridgehead atoms. The van der Waals surface area contributed by atoms with Gasteiger partial charge in [-0.1, -0.05) is 36.3 Å². The van der Waals surface area contributed by atoms with E-state index < -0.39 is 23.6 Å². The van der Waals surface area contributed by atoms with Crippen LogP contribution in [-0.4, -0.2) is 33.1 Å². The van der Waals surface area contributed by atoms with E-state index in [1.807, 2.05) is 48.5 Å². The van der Waals surface area contributed by atoms with Crippen LogP contribution in [0.3, 0.4) is 0 Å². The largest absolute Gasteiger partial charge is 0.490 e. The molecule has 2 aromatic heterocycles. The normalized spacial score (nSPS) is 16.3. The summed E-state index contributed by atoms with van der Waals surface area (Å²) >= 11 is 0. The Bertz CT molecular complexity index is 1850. The molecule has 1 spiro atoms. The number of carboxylic acid groups (broad SMARTS) is 1. The zero-order valence-corrected chi connectivity index (χ0v) is 23.1. The summed E-state index contributed by atoms with van der Waals surface area (Å²) in [4.78, 5) is 22.3. The van der Waals surface area contributed by atoms with Crippen LogP contribution in [0.2, 0.25) is 0 Å². The van der Waals surface area contributed by atoms with Gasteiger partial charge in [0.2, 0.25) is 5.95 Å². The number of benzene rings is 2. The van der Waals surface area contributed by atoms with Crippen molar-refractivity contribution in [3.63, 3.8) is 0 Å². The monoisotopic (exact) mass is 588 g/mol. The van der Waals surface area contributed by atoms with Crippen LogP contribution in [-0.2, 0) is 10.3 Å². The lowest BCUT2D eigenvalue weighted by Gasteiger charge is -2.36. The minimum atomic E-state index is -5.08. The van der Waals surface area contributed by atoms with Crippen LogP contribution in [0, 0.1) is 23.2 Å². The predicted octanol–water partition coefficient (Wildman–Crippen LogP) is 6.43. The number of amidine groups is 1. The van der Waals surface area contributed by atoms with Crippen molar-refractivity contribution in [2.45, 2.75) is 32.5 Å². The Labute approximate surface area is 244 Å². The van der Waals surface area contributed by atoms with E-state index in [4.69, 9.17) is 25.4 Å². The maximum absolute atomic E-state index is 14.6. The molecule has 6 rings (SSSR count). The molecule has 2 aliphatic rings. The van der Waals surface area contributed by atoms with Gasteiger partial charge in [-0.2, -0.15) is 17.6 Å². The summed E-state index contributed by atoms with van der Waals surface area (Å²) in [6.45, 7) is 6.16. The van der Waals surface area contributed by atoms with Crippen LogP contribution in [0.4, 0.5) is 17.6 Å². The molecule has 0 amide bonds. The number of carboxylic acids is 1. The summed E-state index contributed by atoms with van der Waals surface area (Å²) in [6, 6.07) is 18.8. The number of aliphatic imine (C=N–C) groups is 1. The molecule has 2 aliphatic heterocycles.